The van der Waals surface area contributed by atoms with Crippen molar-refractivity contribution in [3.63, 3.8) is 0 Å². The molecule has 1 aromatic rings. The zero-order valence-electron chi connectivity index (χ0n) is 10.5. The van der Waals surface area contributed by atoms with Crippen molar-refractivity contribution in [2.45, 2.75) is 45.2 Å². The summed E-state index contributed by atoms with van der Waals surface area (Å²) >= 11 is 5.93. The summed E-state index contributed by atoms with van der Waals surface area (Å²) in [7, 11) is 2.08. The number of aromatic nitrogens is 3. The zero-order chi connectivity index (χ0) is 12.1. The van der Waals surface area contributed by atoms with Crippen molar-refractivity contribution in [3.8, 4) is 0 Å². The van der Waals surface area contributed by atoms with Gasteiger partial charge in [-0.05, 0) is 40.8 Å². The highest BCUT2D eigenvalue weighted by molar-refractivity contribution is 6.20. The Hall–Kier alpha value is -0.610. The molecular formula is C11H21ClN4. The lowest BCUT2D eigenvalue weighted by molar-refractivity contribution is 0.302. The van der Waals surface area contributed by atoms with Crippen LogP contribution >= 0.6 is 11.6 Å². The minimum Gasteiger partial charge on any atom is -0.299 e. The number of hydrogen-bond donors (Lipinski definition) is 0. The summed E-state index contributed by atoms with van der Waals surface area (Å²) in [5.74, 6) is 1.01. The van der Waals surface area contributed by atoms with Crippen LogP contribution in [0.25, 0.3) is 0 Å². The highest BCUT2D eigenvalue weighted by Gasteiger charge is 2.10. The van der Waals surface area contributed by atoms with Gasteiger partial charge in [0.25, 0.3) is 0 Å². The molecule has 1 unspecified atom stereocenters. The lowest BCUT2D eigenvalue weighted by atomic mass is 10.3. The Balaban J connectivity index is 2.49. The molecule has 92 valence electrons. The van der Waals surface area contributed by atoms with Gasteiger partial charge in [0.15, 0.2) is 0 Å². The average Bonchev–Trinajstić information content (AvgIpc) is 2.62. The van der Waals surface area contributed by atoms with Crippen molar-refractivity contribution in [3.05, 3.63) is 12.2 Å². The molecule has 1 heterocycles. The van der Waals surface area contributed by atoms with Crippen LogP contribution in [0.15, 0.2) is 6.33 Å². The molecule has 1 rings (SSSR count). The molecule has 4 nitrogen and oxygen atoms in total. The standard InChI is InChI=1S/C11H21ClN4/c1-9(2)16-11(13-8-14-16)7-15(4)6-5-10(3)12/h8-10H,5-7H2,1-4H3. The molecule has 0 bridgehead atoms. The van der Waals surface area contributed by atoms with Crippen molar-refractivity contribution in [2.24, 2.45) is 0 Å². The van der Waals surface area contributed by atoms with Crippen LogP contribution in [-0.4, -0.2) is 38.6 Å². The molecule has 1 atom stereocenters. The van der Waals surface area contributed by atoms with Gasteiger partial charge in [-0.1, -0.05) is 0 Å². The fraction of sp³-hybridized carbons (Fsp3) is 0.818. The van der Waals surface area contributed by atoms with E-state index in [9.17, 15) is 0 Å². The first-order valence-corrected chi connectivity index (χ1v) is 6.15. The molecule has 0 saturated heterocycles. The molecule has 1 aromatic heterocycles. The van der Waals surface area contributed by atoms with Crippen molar-refractivity contribution in [2.75, 3.05) is 13.6 Å². The summed E-state index contributed by atoms with van der Waals surface area (Å²) in [6.45, 7) is 8.04. The van der Waals surface area contributed by atoms with Gasteiger partial charge >= 0.3 is 0 Å². The molecular weight excluding hydrogens is 224 g/mol. The zero-order valence-corrected chi connectivity index (χ0v) is 11.3. The predicted octanol–water partition coefficient (Wildman–Crippen LogP) is 2.31. The summed E-state index contributed by atoms with van der Waals surface area (Å²) in [5, 5.41) is 4.44. The monoisotopic (exact) mass is 244 g/mol. The second-order valence-electron chi connectivity index (χ2n) is 4.52. The third-order valence-electron chi connectivity index (χ3n) is 2.46. The van der Waals surface area contributed by atoms with E-state index in [1.807, 2.05) is 11.6 Å². The van der Waals surface area contributed by atoms with Gasteiger partial charge < -0.3 is 0 Å². The molecule has 0 radical (unpaired) electrons. The second kappa shape index (κ2) is 6.21. The Bertz CT molecular complexity index is 309. The van der Waals surface area contributed by atoms with Gasteiger partial charge in [0.2, 0.25) is 0 Å². The molecule has 0 fully saturated rings. The largest absolute Gasteiger partial charge is 0.299 e. The number of nitrogens with zero attached hydrogens (tertiary/aromatic N) is 4. The van der Waals surface area contributed by atoms with E-state index in [1.54, 1.807) is 6.33 Å². The highest BCUT2D eigenvalue weighted by atomic mass is 35.5. The van der Waals surface area contributed by atoms with Crippen LogP contribution in [0.2, 0.25) is 0 Å². The van der Waals surface area contributed by atoms with E-state index in [4.69, 9.17) is 11.6 Å². The summed E-state index contributed by atoms with van der Waals surface area (Å²) in [6, 6.07) is 0.359. The first-order chi connectivity index (χ1) is 7.50. The molecule has 0 aliphatic carbocycles. The van der Waals surface area contributed by atoms with Gasteiger partial charge in [-0.15, -0.1) is 11.6 Å². The van der Waals surface area contributed by atoms with E-state index in [2.05, 4.69) is 35.9 Å². The van der Waals surface area contributed by atoms with Crippen molar-refractivity contribution < 1.29 is 0 Å². The Morgan fingerprint density at radius 3 is 2.69 bits per heavy atom. The lowest BCUT2D eigenvalue weighted by Crippen LogP contribution is -2.23. The maximum Gasteiger partial charge on any atom is 0.141 e. The van der Waals surface area contributed by atoms with Crippen LogP contribution < -0.4 is 0 Å². The Morgan fingerprint density at radius 2 is 2.12 bits per heavy atom. The number of alkyl halides is 1. The third-order valence-corrected chi connectivity index (χ3v) is 2.67. The van der Waals surface area contributed by atoms with Crippen LogP contribution in [0, 0.1) is 0 Å². The first kappa shape index (κ1) is 13.5. The van der Waals surface area contributed by atoms with E-state index < -0.39 is 0 Å². The predicted molar refractivity (Wildman–Crippen MR) is 66.7 cm³/mol. The van der Waals surface area contributed by atoms with E-state index in [0.29, 0.717) is 6.04 Å². The van der Waals surface area contributed by atoms with Gasteiger partial charge in [0.1, 0.15) is 12.2 Å². The quantitative estimate of drug-likeness (QED) is 0.721. The highest BCUT2D eigenvalue weighted by Crippen LogP contribution is 2.08. The number of halogens is 1. The molecule has 0 spiro atoms. The normalized spacial score (nSPS) is 13.7. The second-order valence-corrected chi connectivity index (χ2v) is 5.27. The summed E-state index contributed by atoms with van der Waals surface area (Å²) < 4.78 is 1.96. The molecule has 0 amide bonds. The molecule has 5 heteroatoms. The van der Waals surface area contributed by atoms with E-state index >= 15 is 0 Å². The van der Waals surface area contributed by atoms with E-state index in [0.717, 1.165) is 25.3 Å². The fourth-order valence-electron chi connectivity index (χ4n) is 1.54. The Morgan fingerprint density at radius 1 is 1.44 bits per heavy atom. The molecule has 0 aromatic carbocycles. The molecule has 16 heavy (non-hydrogen) atoms. The van der Waals surface area contributed by atoms with Gasteiger partial charge in [-0.3, -0.25) is 4.90 Å². The third kappa shape index (κ3) is 4.10. The molecule has 0 aliphatic heterocycles. The van der Waals surface area contributed by atoms with Crippen molar-refractivity contribution in [1.82, 2.24) is 19.7 Å². The molecule has 0 N–H and O–H groups in total. The summed E-state index contributed by atoms with van der Waals surface area (Å²) in [5.41, 5.74) is 0. The van der Waals surface area contributed by atoms with Crippen LogP contribution in [0.4, 0.5) is 0 Å². The lowest BCUT2D eigenvalue weighted by Gasteiger charge is -2.18. The Kier molecular flexibility index (Phi) is 5.22. The SMILES string of the molecule is CC(Cl)CCN(C)Cc1ncnn1C(C)C. The van der Waals surface area contributed by atoms with E-state index in [-0.39, 0.29) is 5.38 Å². The summed E-state index contributed by atoms with van der Waals surface area (Å²) in [4.78, 5) is 6.51. The molecule has 0 saturated carbocycles. The average molecular weight is 245 g/mol. The van der Waals surface area contributed by atoms with Gasteiger partial charge in [-0.25, -0.2) is 9.67 Å². The first-order valence-electron chi connectivity index (χ1n) is 5.71. The maximum atomic E-state index is 5.93. The fourth-order valence-corrected chi connectivity index (χ4v) is 1.63. The van der Waals surface area contributed by atoms with Gasteiger partial charge in [-0.2, -0.15) is 5.10 Å². The van der Waals surface area contributed by atoms with Crippen molar-refractivity contribution >= 4 is 11.6 Å². The summed E-state index contributed by atoms with van der Waals surface area (Å²) in [6.07, 6.45) is 2.61. The minimum absolute atomic E-state index is 0.227. The molecule has 0 aliphatic rings. The van der Waals surface area contributed by atoms with Crippen LogP contribution in [0.1, 0.15) is 39.1 Å². The van der Waals surface area contributed by atoms with Gasteiger partial charge in [0, 0.05) is 11.4 Å². The number of rotatable bonds is 6. The van der Waals surface area contributed by atoms with Crippen LogP contribution in [0.3, 0.4) is 0 Å². The smallest absolute Gasteiger partial charge is 0.141 e. The van der Waals surface area contributed by atoms with Crippen LogP contribution in [0.5, 0.6) is 0 Å². The maximum absolute atomic E-state index is 5.93. The van der Waals surface area contributed by atoms with Gasteiger partial charge in [0.05, 0.1) is 6.54 Å². The van der Waals surface area contributed by atoms with Crippen molar-refractivity contribution in [1.29, 1.82) is 0 Å². The topological polar surface area (TPSA) is 34.0 Å². The van der Waals surface area contributed by atoms with E-state index in [1.165, 1.54) is 0 Å². The minimum atomic E-state index is 0.227. The van der Waals surface area contributed by atoms with Crippen LogP contribution in [-0.2, 0) is 6.54 Å². The number of hydrogen-bond acceptors (Lipinski definition) is 3. The Labute approximate surface area is 103 Å².